The van der Waals surface area contributed by atoms with Crippen LogP contribution in [0.1, 0.15) is 27.7 Å². The first-order valence-electron chi connectivity index (χ1n) is 3.60. The van der Waals surface area contributed by atoms with E-state index in [0.717, 1.165) is 0 Å². The van der Waals surface area contributed by atoms with Gasteiger partial charge in [-0.3, -0.25) is 4.79 Å². The second-order valence-corrected chi connectivity index (χ2v) is 3.61. The van der Waals surface area contributed by atoms with Gasteiger partial charge in [0.2, 0.25) is 0 Å². The van der Waals surface area contributed by atoms with E-state index in [4.69, 9.17) is 5.11 Å². The van der Waals surface area contributed by atoms with Gasteiger partial charge in [0, 0.05) is 0 Å². The highest BCUT2D eigenvalue weighted by Crippen LogP contribution is 2.30. The second-order valence-electron chi connectivity index (χ2n) is 3.61. The molecule has 66 valence electrons. The summed E-state index contributed by atoms with van der Waals surface area (Å²) in [4.78, 5) is 11.0. The van der Waals surface area contributed by atoms with Crippen LogP contribution in [0, 0.1) is 5.41 Å². The number of carbonyl (C=O) groups excluding carboxylic acids is 1. The Hall–Kier alpha value is -0.410. The van der Waals surface area contributed by atoms with E-state index in [1.165, 1.54) is 20.8 Å². The summed E-state index contributed by atoms with van der Waals surface area (Å²) < 4.78 is 0. The summed E-state index contributed by atoms with van der Waals surface area (Å²) in [6.07, 6.45) is 0. The molecule has 0 aliphatic heterocycles. The lowest BCUT2D eigenvalue weighted by molar-refractivity contribution is -0.144. The van der Waals surface area contributed by atoms with Crippen molar-refractivity contribution in [3.05, 3.63) is 0 Å². The van der Waals surface area contributed by atoms with Crippen molar-refractivity contribution in [2.75, 3.05) is 6.61 Å². The Morgan fingerprint density at radius 3 is 1.73 bits per heavy atom. The van der Waals surface area contributed by atoms with Gasteiger partial charge in [0.1, 0.15) is 5.78 Å². The van der Waals surface area contributed by atoms with Gasteiger partial charge in [-0.05, 0) is 27.7 Å². The monoisotopic (exact) mass is 160 g/mol. The molecule has 3 heteroatoms. The first-order valence-corrected chi connectivity index (χ1v) is 3.60. The second kappa shape index (κ2) is 2.91. The van der Waals surface area contributed by atoms with Crippen molar-refractivity contribution in [1.82, 2.24) is 0 Å². The zero-order valence-corrected chi connectivity index (χ0v) is 7.51. The van der Waals surface area contributed by atoms with Crippen LogP contribution in [0.25, 0.3) is 0 Å². The highest BCUT2D eigenvalue weighted by molar-refractivity contribution is 5.83. The van der Waals surface area contributed by atoms with Crippen LogP contribution in [0.5, 0.6) is 0 Å². The predicted molar refractivity (Wildman–Crippen MR) is 42.2 cm³/mol. The lowest BCUT2D eigenvalue weighted by atomic mass is 9.73. The predicted octanol–water partition coefficient (Wildman–Crippen LogP) is 0.345. The molecule has 0 rings (SSSR count). The lowest BCUT2D eigenvalue weighted by Crippen LogP contribution is -2.48. The molecule has 0 spiro atoms. The van der Waals surface area contributed by atoms with Crippen molar-refractivity contribution in [1.29, 1.82) is 0 Å². The van der Waals surface area contributed by atoms with Crippen molar-refractivity contribution < 1.29 is 15.0 Å². The fourth-order valence-electron chi connectivity index (χ4n) is 0.736. The Morgan fingerprint density at radius 1 is 1.36 bits per heavy atom. The Bertz CT molecular complexity index is 157. The highest BCUT2D eigenvalue weighted by atomic mass is 16.3. The summed E-state index contributed by atoms with van der Waals surface area (Å²) in [5.74, 6) is -0.201. The maximum Gasteiger partial charge on any atom is 0.140 e. The molecule has 3 nitrogen and oxygen atoms in total. The molecule has 11 heavy (non-hydrogen) atoms. The van der Waals surface area contributed by atoms with E-state index >= 15 is 0 Å². The molecule has 0 amide bonds. The molecule has 0 aliphatic rings. The van der Waals surface area contributed by atoms with Gasteiger partial charge in [-0.15, -0.1) is 0 Å². The number of hydrogen-bond acceptors (Lipinski definition) is 3. The van der Waals surface area contributed by atoms with Gasteiger partial charge in [-0.2, -0.15) is 0 Å². The molecule has 0 fully saturated rings. The number of aliphatic hydroxyl groups excluding tert-OH is 1. The van der Waals surface area contributed by atoms with Gasteiger partial charge in [-0.1, -0.05) is 0 Å². The number of aliphatic hydroxyl groups is 2. The Balaban J connectivity index is 4.75. The largest absolute Gasteiger partial charge is 0.395 e. The zero-order valence-electron chi connectivity index (χ0n) is 7.51. The average Bonchev–Trinajstić information content (AvgIpc) is 1.83. The fourth-order valence-corrected chi connectivity index (χ4v) is 0.736. The molecule has 1 atom stereocenters. The Morgan fingerprint density at radius 2 is 1.73 bits per heavy atom. The minimum Gasteiger partial charge on any atom is -0.395 e. The van der Waals surface area contributed by atoms with Crippen LogP contribution in [0.2, 0.25) is 0 Å². The van der Waals surface area contributed by atoms with E-state index in [0.29, 0.717) is 0 Å². The van der Waals surface area contributed by atoms with Crippen molar-refractivity contribution >= 4 is 5.78 Å². The summed E-state index contributed by atoms with van der Waals surface area (Å²) >= 11 is 0. The molecular weight excluding hydrogens is 144 g/mol. The van der Waals surface area contributed by atoms with E-state index < -0.39 is 11.0 Å². The molecule has 0 radical (unpaired) electrons. The molecule has 1 unspecified atom stereocenters. The van der Waals surface area contributed by atoms with Crippen LogP contribution in [0.3, 0.4) is 0 Å². The molecule has 0 aromatic carbocycles. The van der Waals surface area contributed by atoms with Crippen LogP contribution in [-0.4, -0.2) is 28.2 Å². The van der Waals surface area contributed by atoms with E-state index in [-0.39, 0.29) is 12.4 Å². The molecule has 0 aromatic heterocycles. The molecule has 0 saturated carbocycles. The quantitative estimate of drug-likeness (QED) is 0.626. The molecule has 0 saturated heterocycles. The standard InChI is InChI=1S/C8H16O3/c1-6(10)8(4,5-9)7(2,3)11/h9,11H,5H2,1-4H3. The van der Waals surface area contributed by atoms with Crippen molar-refractivity contribution in [3.63, 3.8) is 0 Å². The van der Waals surface area contributed by atoms with Crippen LogP contribution >= 0.6 is 0 Å². The first-order chi connectivity index (χ1) is 4.75. The van der Waals surface area contributed by atoms with Gasteiger partial charge in [0.25, 0.3) is 0 Å². The van der Waals surface area contributed by atoms with Crippen molar-refractivity contribution in [2.45, 2.75) is 33.3 Å². The summed E-state index contributed by atoms with van der Waals surface area (Å²) in [7, 11) is 0. The summed E-state index contributed by atoms with van der Waals surface area (Å²) in [6, 6.07) is 0. The smallest absolute Gasteiger partial charge is 0.140 e. The van der Waals surface area contributed by atoms with Crippen LogP contribution in [0.15, 0.2) is 0 Å². The van der Waals surface area contributed by atoms with Crippen LogP contribution < -0.4 is 0 Å². The number of carbonyl (C=O) groups is 1. The summed E-state index contributed by atoms with van der Waals surface area (Å²) in [6.45, 7) is 5.63. The van der Waals surface area contributed by atoms with Crippen LogP contribution in [-0.2, 0) is 4.79 Å². The number of rotatable bonds is 3. The first kappa shape index (κ1) is 10.6. The Kier molecular flexibility index (Phi) is 2.80. The van der Waals surface area contributed by atoms with E-state index in [1.54, 1.807) is 6.92 Å². The third-order valence-electron chi connectivity index (χ3n) is 2.44. The molecule has 0 aliphatic carbocycles. The van der Waals surface area contributed by atoms with Gasteiger partial charge >= 0.3 is 0 Å². The molecule has 2 N–H and O–H groups in total. The van der Waals surface area contributed by atoms with Crippen molar-refractivity contribution in [3.8, 4) is 0 Å². The zero-order chi connectivity index (χ0) is 9.28. The van der Waals surface area contributed by atoms with Gasteiger partial charge in [0.15, 0.2) is 0 Å². The van der Waals surface area contributed by atoms with Crippen molar-refractivity contribution in [2.24, 2.45) is 5.41 Å². The third kappa shape index (κ3) is 1.79. The van der Waals surface area contributed by atoms with Crippen LogP contribution in [0.4, 0.5) is 0 Å². The summed E-state index contributed by atoms with van der Waals surface area (Å²) in [5, 5.41) is 18.4. The van der Waals surface area contributed by atoms with E-state index in [9.17, 15) is 9.90 Å². The highest BCUT2D eigenvalue weighted by Gasteiger charge is 2.43. The third-order valence-corrected chi connectivity index (χ3v) is 2.44. The van der Waals surface area contributed by atoms with Gasteiger partial charge in [0.05, 0.1) is 17.6 Å². The minimum atomic E-state index is -1.17. The summed E-state index contributed by atoms with van der Waals surface area (Å²) in [5.41, 5.74) is -2.22. The lowest BCUT2D eigenvalue weighted by Gasteiger charge is -2.36. The van der Waals surface area contributed by atoms with E-state index in [1.807, 2.05) is 0 Å². The van der Waals surface area contributed by atoms with Gasteiger partial charge in [-0.25, -0.2) is 0 Å². The maximum atomic E-state index is 11.0. The molecule has 0 aromatic rings. The average molecular weight is 160 g/mol. The number of Topliss-reactive ketones (excluding diaryl/α,β-unsaturated/α-hetero) is 1. The molecule has 0 heterocycles. The maximum absolute atomic E-state index is 11.0. The number of hydrogen-bond donors (Lipinski definition) is 2. The SMILES string of the molecule is CC(=O)C(C)(CO)C(C)(C)O. The fraction of sp³-hybridized carbons (Fsp3) is 0.875. The molecular formula is C8H16O3. The van der Waals surface area contributed by atoms with Gasteiger partial charge < -0.3 is 10.2 Å². The van der Waals surface area contributed by atoms with E-state index in [2.05, 4.69) is 0 Å². The normalized spacial score (nSPS) is 17.6. The number of ketones is 1. The molecule has 0 bridgehead atoms. The topological polar surface area (TPSA) is 57.5 Å². The minimum absolute atomic E-state index is 0.201. The Labute approximate surface area is 67.0 Å².